The maximum Gasteiger partial charge on any atom is 0.158 e. The zero-order valence-corrected chi connectivity index (χ0v) is 14.5. The molecule has 6 heteroatoms. The molecule has 0 saturated carbocycles. The summed E-state index contributed by atoms with van der Waals surface area (Å²) in [6.45, 7) is 0. The lowest BCUT2D eigenvalue weighted by molar-refractivity contribution is 0.415. The number of hydrogen-bond donors (Lipinski definition) is 2. The quantitative estimate of drug-likeness (QED) is 0.561. The van der Waals surface area contributed by atoms with Gasteiger partial charge in [0.25, 0.3) is 0 Å². The molecule has 6 nitrogen and oxygen atoms in total. The van der Waals surface area contributed by atoms with Gasteiger partial charge in [0.05, 0.1) is 19.7 Å². The molecule has 0 aliphatic carbocycles. The van der Waals surface area contributed by atoms with Crippen molar-refractivity contribution in [3.8, 4) is 22.9 Å². The van der Waals surface area contributed by atoms with E-state index in [1.807, 2.05) is 54.6 Å². The Kier molecular flexibility index (Phi) is 4.15. The largest absolute Gasteiger partial charge is 0.497 e. The predicted molar refractivity (Wildman–Crippen MR) is 102 cm³/mol. The Bertz CT molecular complexity index is 1020. The predicted octanol–water partition coefficient (Wildman–Crippen LogP) is 4.39. The summed E-state index contributed by atoms with van der Waals surface area (Å²) in [5.41, 5.74) is 3.60. The number of H-pyrrole nitrogens is 1. The standard InChI is InChI=1S/C20H18N4O2/c1-25-15-7-3-13(4-8-15)19-23-17-11-12-21-20(18(17)24-19)22-14-5-9-16(26-2)10-6-14/h3-12H,1-2H3,(H,21,22)(H,23,24). The van der Waals surface area contributed by atoms with Crippen LogP contribution < -0.4 is 14.8 Å². The molecule has 4 aromatic rings. The van der Waals surface area contributed by atoms with Crippen LogP contribution in [0.25, 0.3) is 22.4 Å². The zero-order chi connectivity index (χ0) is 17.9. The number of benzene rings is 2. The maximum atomic E-state index is 5.21. The van der Waals surface area contributed by atoms with E-state index in [4.69, 9.17) is 14.5 Å². The number of nitrogens with one attached hydrogen (secondary N) is 2. The number of ether oxygens (including phenoxy) is 2. The minimum absolute atomic E-state index is 0.698. The summed E-state index contributed by atoms with van der Waals surface area (Å²) in [5.74, 6) is 3.11. The molecule has 0 atom stereocenters. The lowest BCUT2D eigenvalue weighted by Crippen LogP contribution is -1.94. The molecule has 0 radical (unpaired) electrons. The van der Waals surface area contributed by atoms with Crippen molar-refractivity contribution in [2.75, 3.05) is 19.5 Å². The topological polar surface area (TPSA) is 72.1 Å². The summed E-state index contributed by atoms with van der Waals surface area (Å²) < 4.78 is 10.4. The highest BCUT2D eigenvalue weighted by atomic mass is 16.5. The Morgan fingerprint density at radius 1 is 0.846 bits per heavy atom. The lowest BCUT2D eigenvalue weighted by atomic mass is 10.2. The molecule has 0 saturated heterocycles. The zero-order valence-electron chi connectivity index (χ0n) is 14.5. The molecule has 2 aromatic heterocycles. The Balaban J connectivity index is 1.68. The van der Waals surface area contributed by atoms with E-state index >= 15 is 0 Å². The van der Waals surface area contributed by atoms with Crippen molar-refractivity contribution < 1.29 is 9.47 Å². The van der Waals surface area contributed by atoms with Crippen LogP contribution in [0.3, 0.4) is 0 Å². The van der Waals surface area contributed by atoms with Crippen molar-refractivity contribution in [2.45, 2.75) is 0 Å². The monoisotopic (exact) mass is 346 g/mol. The molecule has 2 heterocycles. The second-order valence-corrected chi connectivity index (χ2v) is 5.72. The Labute approximate surface area is 150 Å². The lowest BCUT2D eigenvalue weighted by Gasteiger charge is -2.06. The number of methoxy groups -OCH3 is 2. The van der Waals surface area contributed by atoms with Crippen LogP contribution in [0.2, 0.25) is 0 Å². The van der Waals surface area contributed by atoms with Crippen molar-refractivity contribution >= 4 is 22.5 Å². The van der Waals surface area contributed by atoms with E-state index in [9.17, 15) is 0 Å². The van der Waals surface area contributed by atoms with Crippen LogP contribution in [0.4, 0.5) is 11.5 Å². The summed E-state index contributed by atoms with van der Waals surface area (Å²) in [5, 5.41) is 3.31. The van der Waals surface area contributed by atoms with Crippen LogP contribution in [-0.2, 0) is 0 Å². The molecule has 0 amide bonds. The van der Waals surface area contributed by atoms with Crippen LogP contribution in [0.1, 0.15) is 0 Å². The van der Waals surface area contributed by atoms with E-state index in [-0.39, 0.29) is 0 Å². The molecule has 4 rings (SSSR count). The van der Waals surface area contributed by atoms with Crippen molar-refractivity contribution in [3.63, 3.8) is 0 Å². The molecule has 0 spiro atoms. The molecule has 26 heavy (non-hydrogen) atoms. The molecule has 2 aromatic carbocycles. The fourth-order valence-electron chi connectivity index (χ4n) is 2.72. The molecule has 0 aliphatic heterocycles. The Hall–Kier alpha value is -3.54. The van der Waals surface area contributed by atoms with Gasteiger partial charge >= 0.3 is 0 Å². The van der Waals surface area contributed by atoms with Gasteiger partial charge in [-0.25, -0.2) is 9.97 Å². The Morgan fingerprint density at radius 3 is 2.15 bits per heavy atom. The third kappa shape index (κ3) is 3.04. The smallest absolute Gasteiger partial charge is 0.158 e. The SMILES string of the molecule is COc1ccc(Nc2nccc3[nH]c(-c4ccc(OC)cc4)nc23)cc1. The number of nitrogens with zero attached hydrogens (tertiary/aromatic N) is 2. The van der Waals surface area contributed by atoms with E-state index in [0.717, 1.165) is 39.6 Å². The average Bonchev–Trinajstić information content (AvgIpc) is 3.14. The summed E-state index contributed by atoms with van der Waals surface area (Å²) in [4.78, 5) is 12.5. The first-order chi connectivity index (χ1) is 12.8. The van der Waals surface area contributed by atoms with Gasteiger partial charge < -0.3 is 19.8 Å². The number of hydrogen-bond acceptors (Lipinski definition) is 5. The summed E-state index contributed by atoms with van der Waals surface area (Å²) in [7, 11) is 3.30. The van der Waals surface area contributed by atoms with Crippen LogP contribution in [0, 0.1) is 0 Å². The van der Waals surface area contributed by atoms with Crippen LogP contribution in [0.5, 0.6) is 11.5 Å². The van der Waals surface area contributed by atoms with Gasteiger partial charge in [-0.15, -0.1) is 0 Å². The maximum absolute atomic E-state index is 5.21. The highest BCUT2D eigenvalue weighted by Crippen LogP contribution is 2.27. The van der Waals surface area contributed by atoms with E-state index in [1.165, 1.54) is 0 Å². The summed E-state index contributed by atoms with van der Waals surface area (Å²) in [6, 6.07) is 17.4. The first kappa shape index (κ1) is 16.0. The van der Waals surface area contributed by atoms with Gasteiger partial charge in [0.1, 0.15) is 22.8 Å². The molecule has 130 valence electrons. The minimum atomic E-state index is 0.698. The van der Waals surface area contributed by atoms with Gasteiger partial charge in [0.2, 0.25) is 0 Å². The normalized spacial score (nSPS) is 10.7. The molecule has 0 aliphatic rings. The van der Waals surface area contributed by atoms with Gasteiger partial charge in [-0.1, -0.05) is 0 Å². The van der Waals surface area contributed by atoms with Crippen molar-refractivity contribution in [1.29, 1.82) is 0 Å². The van der Waals surface area contributed by atoms with Crippen LogP contribution in [0.15, 0.2) is 60.8 Å². The molecular weight excluding hydrogens is 328 g/mol. The van der Waals surface area contributed by atoms with Crippen LogP contribution >= 0.6 is 0 Å². The summed E-state index contributed by atoms with van der Waals surface area (Å²) in [6.07, 6.45) is 1.75. The molecule has 0 fully saturated rings. The number of aromatic nitrogens is 3. The third-order valence-corrected chi connectivity index (χ3v) is 4.12. The molecular formula is C20H18N4O2. The number of imidazole rings is 1. The van der Waals surface area contributed by atoms with E-state index < -0.39 is 0 Å². The van der Waals surface area contributed by atoms with E-state index in [1.54, 1.807) is 20.4 Å². The summed E-state index contributed by atoms with van der Waals surface area (Å²) >= 11 is 0. The van der Waals surface area contributed by atoms with E-state index in [0.29, 0.717) is 5.82 Å². The third-order valence-electron chi connectivity index (χ3n) is 4.12. The number of rotatable bonds is 5. The van der Waals surface area contributed by atoms with Gasteiger partial charge in [-0.3, -0.25) is 0 Å². The number of anilines is 2. The fourth-order valence-corrected chi connectivity index (χ4v) is 2.72. The first-order valence-corrected chi connectivity index (χ1v) is 8.17. The van der Waals surface area contributed by atoms with Gasteiger partial charge in [0, 0.05) is 17.4 Å². The Morgan fingerprint density at radius 2 is 1.50 bits per heavy atom. The highest BCUT2D eigenvalue weighted by Gasteiger charge is 2.10. The number of pyridine rings is 1. The highest BCUT2D eigenvalue weighted by molar-refractivity contribution is 5.89. The molecule has 2 N–H and O–H groups in total. The second kappa shape index (κ2) is 6.76. The molecule has 0 bridgehead atoms. The second-order valence-electron chi connectivity index (χ2n) is 5.72. The van der Waals surface area contributed by atoms with Gasteiger partial charge in [-0.05, 0) is 54.6 Å². The van der Waals surface area contributed by atoms with Crippen molar-refractivity contribution in [2.24, 2.45) is 0 Å². The molecule has 0 unspecified atom stereocenters. The first-order valence-electron chi connectivity index (χ1n) is 8.17. The van der Waals surface area contributed by atoms with Gasteiger partial charge in [0.15, 0.2) is 5.82 Å². The van der Waals surface area contributed by atoms with Crippen molar-refractivity contribution in [1.82, 2.24) is 15.0 Å². The minimum Gasteiger partial charge on any atom is -0.497 e. The number of fused-ring (bicyclic) bond motifs is 1. The van der Waals surface area contributed by atoms with Gasteiger partial charge in [-0.2, -0.15) is 0 Å². The average molecular weight is 346 g/mol. The van der Waals surface area contributed by atoms with E-state index in [2.05, 4.69) is 15.3 Å². The van der Waals surface area contributed by atoms with Crippen molar-refractivity contribution in [3.05, 3.63) is 60.8 Å². The van der Waals surface area contributed by atoms with Crippen LogP contribution in [-0.4, -0.2) is 29.2 Å². The fraction of sp³-hybridized carbons (Fsp3) is 0.100. The number of aromatic amines is 1.